The first-order valence-electron chi connectivity index (χ1n) is 8.09. The highest BCUT2D eigenvalue weighted by molar-refractivity contribution is 9.10. The summed E-state index contributed by atoms with van der Waals surface area (Å²) in [7, 11) is 0. The standard InChI is InChI=1S/C20H17BrN2O3/c1-12(2)18-22-16-9-8-14(21)11-15(16)19(23-18)26-17(20(24)25)10-13-6-4-3-5-7-13/h3-12H,1-2H3,(H,24,25)/b17-10-. The lowest BCUT2D eigenvalue weighted by Crippen LogP contribution is -2.10. The molecule has 0 unspecified atom stereocenters. The van der Waals surface area contributed by atoms with E-state index in [0.29, 0.717) is 16.7 Å². The summed E-state index contributed by atoms with van der Waals surface area (Å²) in [5, 5.41) is 10.2. The minimum absolute atomic E-state index is 0.0803. The molecule has 1 heterocycles. The zero-order valence-corrected chi connectivity index (χ0v) is 15.9. The van der Waals surface area contributed by atoms with Gasteiger partial charge < -0.3 is 9.84 Å². The maximum atomic E-state index is 11.7. The fourth-order valence-corrected chi connectivity index (χ4v) is 2.73. The first-order valence-corrected chi connectivity index (χ1v) is 8.88. The van der Waals surface area contributed by atoms with Gasteiger partial charge in [-0.2, -0.15) is 4.98 Å². The van der Waals surface area contributed by atoms with Crippen molar-refractivity contribution in [2.45, 2.75) is 19.8 Å². The molecule has 5 nitrogen and oxygen atoms in total. The molecular weight excluding hydrogens is 396 g/mol. The zero-order chi connectivity index (χ0) is 18.7. The minimum Gasteiger partial charge on any atom is -0.475 e. The number of carboxylic acids is 1. The van der Waals surface area contributed by atoms with Crippen molar-refractivity contribution in [3.63, 3.8) is 0 Å². The summed E-state index contributed by atoms with van der Waals surface area (Å²) in [5.41, 5.74) is 1.43. The lowest BCUT2D eigenvalue weighted by atomic mass is 10.2. The summed E-state index contributed by atoms with van der Waals surface area (Å²) in [6.45, 7) is 3.95. The number of halogens is 1. The normalized spacial score (nSPS) is 11.8. The molecule has 0 saturated carbocycles. The molecule has 0 radical (unpaired) electrons. The van der Waals surface area contributed by atoms with Crippen molar-refractivity contribution in [1.82, 2.24) is 9.97 Å². The molecule has 0 aliphatic carbocycles. The second-order valence-corrected chi connectivity index (χ2v) is 6.95. The van der Waals surface area contributed by atoms with Crippen LogP contribution in [0, 0.1) is 0 Å². The number of fused-ring (bicyclic) bond motifs is 1. The van der Waals surface area contributed by atoms with Crippen molar-refractivity contribution in [3.05, 3.63) is 70.2 Å². The minimum atomic E-state index is -1.17. The molecule has 0 amide bonds. The Morgan fingerprint density at radius 2 is 1.88 bits per heavy atom. The third-order valence-corrected chi connectivity index (χ3v) is 4.16. The molecule has 0 spiro atoms. The van der Waals surface area contributed by atoms with Crippen LogP contribution < -0.4 is 4.74 Å². The largest absolute Gasteiger partial charge is 0.475 e. The van der Waals surface area contributed by atoms with Crippen molar-refractivity contribution >= 4 is 38.9 Å². The van der Waals surface area contributed by atoms with Gasteiger partial charge in [0, 0.05) is 10.4 Å². The molecule has 1 aromatic heterocycles. The van der Waals surface area contributed by atoms with Gasteiger partial charge in [-0.15, -0.1) is 0 Å². The Hall–Kier alpha value is -2.73. The van der Waals surface area contributed by atoms with E-state index in [1.165, 1.54) is 6.08 Å². The Bertz CT molecular complexity index is 985. The second-order valence-electron chi connectivity index (χ2n) is 6.03. The van der Waals surface area contributed by atoms with Crippen LogP contribution in [0.3, 0.4) is 0 Å². The van der Waals surface area contributed by atoms with Gasteiger partial charge in [0.15, 0.2) is 0 Å². The predicted octanol–water partition coefficient (Wildman–Crippen LogP) is 5.02. The van der Waals surface area contributed by atoms with Crippen molar-refractivity contribution in [1.29, 1.82) is 0 Å². The van der Waals surface area contributed by atoms with E-state index >= 15 is 0 Å². The summed E-state index contributed by atoms with van der Waals surface area (Å²) in [5.74, 6) is -0.465. The highest BCUT2D eigenvalue weighted by atomic mass is 79.9. The van der Waals surface area contributed by atoms with Gasteiger partial charge in [-0.05, 0) is 29.8 Å². The first-order chi connectivity index (χ1) is 12.4. The topological polar surface area (TPSA) is 72.3 Å². The molecular formula is C20H17BrN2O3. The quantitative estimate of drug-likeness (QED) is 0.470. The Morgan fingerprint density at radius 1 is 1.15 bits per heavy atom. The lowest BCUT2D eigenvalue weighted by molar-refractivity contribution is -0.134. The monoisotopic (exact) mass is 412 g/mol. The molecule has 6 heteroatoms. The van der Waals surface area contributed by atoms with Gasteiger partial charge >= 0.3 is 5.97 Å². The average Bonchev–Trinajstić information content (AvgIpc) is 2.62. The number of ether oxygens (including phenoxy) is 1. The fraction of sp³-hybridized carbons (Fsp3) is 0.150. The van der Waals surface area contributed by atoms with Crippen molar-refractivity contribution in [3.8, 4) is 5.88 Å². The molecule has 0 aliphatic heterocycles. The SMILES string of the molecule is CC(C)c1nc(O/C(=C\c2ccccc2)C(=O)O)c2cc(Br)ccc2n1. The summed E-state index contributed by atoms with van der Waals surface area (Å²) in [4.78, 5) is 20.7. The van der Waals surface area contributed by atoms with E-state index in [0.717, 1.165) is 10.0 Å². The molecule has 0 fully saturated rings. The highest BCUT2D eigenvalue weighted by Gasteiger charge is 2.17. The molecule has 0 aliphatic rings. The molecule has 3 rings (SSSR count). The molecule has 132 valence electrons. The highest BCUT2D eigenvalue weighted by Crippen LogP contribution is 2.29. The number of benzene rings is 2. The van der Waals surface area contributed by atoms with Crippen LogP contribution in [-0.4, -0.2) is 21.0 Å². The van der Waals surface area contributed by atoms with Crippen LogP contribution in [0.4, 0.5) is 0 Å². The molecule has 0 bridgehead atoms. The van der Waals surface area contributed by atoms with Crippen molar-refractivity contribution in [2.75, 3.05) is 0 Å². The van der Waals surface area contributed by atoms with Crippen LogP contribution in [-0.2, 0) is 4.79 Å². The van der Waals surface area contributed by atoms with Crippen LogP contribution in [0.25, 0.3) is 17.0 Å². The van der Waals surface area contributed by atoms with Gasteiger partial charge in [0.05, 0.1) is 10.9 Å². The summed E-state index contributed by atoms with van der Waals surface area (Å²) in [6, 6.07) is 14.7. The molecule has 1 N–H and O–H groups in total. The number of hydrogen-bond donors (Lipinski definition) is 1. The Kier molecular flexibility index (Phi) is 5.32. The van der Waals surface area contributed by atoms with Crippen LogP contribution in [0.5, 0.6) is 5.88 Å². The first kappa shape index (κ1) is 18.1. The maximum Gasteiger partial charge on any atom is 0.371 e. The van der Waals surface area contributed by atoms with E-state index in [9.17, 15) is 9.90 Å². The Labute approximate surface area is 159 Å². The summed E-state index contributed by atoms with van der Waals surface area (Å²) < 4.78 is 6.56. The molecule has 0 atom stereocenters. The summed E-state index contributed by atoms with van der Waals surface area (Å²) in [6.07, 6.45) is 1.48. The van der Waals surface area contributed by atoms with E-state index in [-0.39, 0.29) is 17.6 Å². The number of aliphatic carboxylic acids is 1. The Balaban J connectivity index is 2.11. The third kappa shape index (κ3) is 4.08. The van der Waals surface area contributed by atoms with Crippen molar-refractivity contribution in [2.24, 2.45) is 0 Å². The molecule has 3 aromatic rings. The van der Waals surface area contributed by atoms with E-state index in [1.54, 1.807) is 12.1 Å². The maximum absolute atomic E-state index is 11.7. The third-order valence-electron chi connectivity index (χ3n) is 3.67. The number of aromatic nitrogens is 2. The smallest absolute Gasteiger partial charge is 0.371 e. The van der Waals surface area contributed by atoms with Gasteiger partial charge in [-0.3, -0.25) is 0 Å². The predicted molar refractivity (Wildman–Crippen MR) is 104 cm³/mol. The second kappa shape index (κ2) is 7.66. The number of hydrogen-bond acceptors (Lipinski definition) is 4. The number of carboxylic acid groups (broad SMARTS) is 1. The van der Waals surface area contributed by atoms with E-state index in [1.807, 2.05) is 50.2 Å². The van der Waals surface area contributed by atoms with Gasteiger partial charge in [0.25, 0.3) is 0 Å². The van der Waals surface area contributed by atoms with Crippen LogP contribution in [0.15, 0.2) is 58.8 Å². The van der Waals surface area contributed by atoms with Gasteiger partial charge in [-0.1, -0.05) is 60.1 Å². The lowest BCUT2D eigenvalue weighted by Gasteiger charge is -2.12. The number of carbonyl (C=O) groups is 1. The molecule has 0 saturated heterocycles. The zero-order valence-electron chi connectivity index (χ0n) is 14.3. The number of rotatable bonds is 5. The van der Waals surface area contributed by atoms with Crippen LogP contribution >= 0.6 is 15.9 Å². The van der Waals surface area contributed by atoms with E-state index < -0.39 is 5.97 Å². The van der Waals surface area contributed by atoms with Gasteiger partial charge in [0.2, 0.25) is 11.6 Å². The van der Waals surface area contributed by atoms with Crippen LogP contribution in [0.2, 0.25) is 0 Å². The van der Waals surface area contributed by atoms with Gasteiger partial charge in [0.1, 0.15) is 5.82 Å². The van der Waals surface area contributed by atoms with E-state index in [2.05, 4.69) is 25.9 Å². The fourth-order valence-electron chi connectivity index (χ4n) is 2.37. The average molecular weight is 413 g/mol. The van der Waals surface area contributed by atoms with Gasteiger partial charge in [-0.25, -0.2) is 9.78 Å². The van der Waals surface area contributed by atoms with E-state index in [4.69, 9.17) is 4.74 Å². The van der Waals surface area contributed by atoms with Crippen LogP contribution in [0.1, 0.15) is 31.2 Å². The van der Waals surface area contributed by atoms with Crippen molar-refractivity contribution < 1.29 is 14.6 Å². The number of nitrogens with zero attached hydrogens (tertiary/aromatic N) is 2. The Morgan fingerprint density at radius 3 is 2.54 bits per heavy atom. The molecule has 26 heavy (non-hydrogen) atoms. The summed E-state index contributed by atoms with van der Waals surface area (Å²) >= 11 is 3.42. The molecule has 2 aromatic carbocycles.